The summed E-state index contributed by atoms with van der Waals surface area (Å²) in [5, 5.41) is 1.21. The number of hydrogen-bond acceptors (Lipinski definition) is 1. The molecule has 0 saturated heterocycles. The van der Waals surface area contributed by atoms with Gasteiger partial charge in [-0.1, -0.05) is 36.4 Å². The molecule has 1 nitrogen and oxygen atoms in total. The third-order valence-corrected chi connectivity index (χ3v) is 6.04. The smallest absolute Gasteiger partial charge is 0.219 e. The van der Waals surface area contributed by atoms with Crippen LogP contribution < -0.4 is 5.19 Å². The molecule has 0 bridgehead atoms. The Labute approximate surface area is 107 Å². The van der Waals surface area contributed by atoms with Gasteiger partial charge in [0.1, 0.15) is 5.82 Å². The minimum Gasteiger partial charge on any atom is -0.402 e. The van der Waals surface area contributed by atoms with Crippen molar-refractivity contribution in [3.8, 4) is 0 Å². The first-order chi connectivity index (χ1) is 8.58. The van der Waals surface area contributed by atoms with Crippen LogP contribution in [0.15, 0.2) is 48.5 Å². The Morgan fingerprint density at radius 3 is 2.50 bits per heavy atom. The largest absolute Gasteiger partial charge is 0.402 e. The van der Waals surface area contributed by atoms with Crippen molar-refractivity contribution in [2.75, 3.05) is 0 Å². The Hall–Kier alpha value is -1.45. The first-order valence-corrected chi connectivity index (χ1v) is 9.01. The van der Waals surface area contributed by atoms with Gasteiger partial charge in [-0.25, -0.2) is 4.39 Å². The fraction of sp³-hybridized carbons (Fsp3) is 0.200. The van der Waals surface area contributed by atoms with Crippen molar-refractivity contribution in [3.63, 3.8) is 0 Å². The molecule has 0 amide bonds. The van der Waals surface area contributed by atoms with Gasteiger partial charge >= 0.3 is 0 Å². The molecule has 0 radical (unpaired) electrons. The van der Waals surface area contributed by atoms with E-state index in [-0.39, 0.29) is 11.9 Å². The maximum Gasteiger partial charge on any atom is 0.219 e. The SMILES string of the molecule is C[Si]1(C)OC(c2ccccc2)c2cc(F)ccc21. The summed E-state index contributed by atoms with van der Waals surface area (Å²) in [6, 6.07) is 15.1. The highest BCUT2D eigenvalue weighted by molar-refractivity contribution is 6.85. The van der Waals surface area contributed by atoms with Crippen LogP contribution in [-0.4, -0.2) is 8.32 Å². The fourth-order valence-electron chi connectivity index (χ4n) is 2.60. The van der Waals surface area contributed by atoms with E-state index in [0.29, 0.717) is 0 Å². The third-order valence-electron chi connectivity index (χ3n) is 3.46. The molecule has 1 heterocycles. The zero-order valence-corrected chi connectivity index (χ0v) is 11.5. The topological polar surface area (TPSA) is 9.23 Å². The third kappa shape index (κ3) is 1.80. The standard InChI is InChI=1S/C15H15FOSi/c1-18(2)14-9-8-12(16)10-13(14)15(17-18)11-6-4-3-5-7-11/h3-10,15H,1-2H3. The minimum absolute atomic E-state index is 0.112. The summed E-state index contributed by atoms with van der Waals surface area (Å²) in [4.78, 5) is 0. The van der Waals surface area contributed by atoms with E-state index in [4.69, 9.17) is 4.43 Å². The lowest BCUT2D eigenvalue weighted by molar-refractivity contribution is 0.258. The maximum atomic E-state index is 13.5. The van der Waals surface area contributed by atoms with Crippen molar-refractivity contribution in [2.45, 2.75) is 19.2 Å². The van der Waals surface area contributed by atoms with Crippen molar-refractivity contribution < 1.29 is 8.82 Å². The second-order valence-electron chi connectivity index (χ2n) is 5.15. The normalized spacial score (nSPS) is 20.7. The minimum atomic E-state index is -1.90. The summed E-state index contributed by atoms with van der Waals surface area (Å²) in [5.41, 5.74) is 2.10. The molecule has 3 rings (SSSR count). The molecule has 2 aromatic rings. The summed E-state index contributed by atoms with van der Waals surface area (Å²) < 4.78 is 19.7. The molecule has 18 heavy (non-hydrogen) atoms. The molecule has 1 unspecified atom stereocenters. The summed E-state index contributed by atoms with van der Waals surface area (Å²) in [7, 11) is -1.90. The van der Waals surface area contributed by atoms with Gasteiger partial charge in [0.2, 0.25) is 8.32 Å². The number of halogens is 1. The lowest BCUT2D eigenvalue weighted by Gasteiger charge is -2.18. The van der Waals surface area contributed by atoms with Crippen LogP contribution in [0.4, 0.5) is 4.39 Å². The van der Waals surface area contributed by atoms with Crippen LogP contribution in [0.5, 0.6) is 0 Å². The molecule has 0 spiro atoms. The predicted molar refractivity (Wildman–Crippen MR) is 72.9 cm³/mol. The molecule has 3 heteroatoms. The number of benzene rings is 2. The van der Waals surface area contributed by atoms with E-state index >= 15 is 0 Å². The zero-order chi connectivity index (χ0) is 12.8. The second-order valence-corrected chi connectivity index (χ2v) is 8.95. The highest BCUT2D eigenvalue weighted by atomic mass is 28.4. The Morgan fingerprint density at radius 1 is 1.06 bits per heavy atom. The lowest BCUT2D eigenvalue weighted by Crippen LogP contribution is -2.40. The summed E-state index contributed by atoms with van der Waals surface area (Å²) in [6.07, 6.45) is -0.112. The number of rotatable bonds is 1. The van der Waals surface area contributed by atoms with Crippen LogP contribution in [-0.2, 0) is 4.43 Å². The maximum absolute atomic E-state index is 13.5. The van der Waals surface area contributed by atoms with Crippen molar-refractivity contribution >= 4 is 13.5 Å². The van der Waals surface area contributed by atoms with Crippen LogP contribution >= 0.6 is 0 Å². The lowest BCUT2D eigenvalue weighted by atomic mass is 10.0. The van der Waals surface area contributed by atoms with E-state index in [1.165, 1.54) is 11.3 Å². The van der Waals surface area contributed by atoms with E-state index in [0.717, 1.165) is 11.1 Å². The van der Waals surface area contributed by atoms with Crippen LogP contribution in [0, 0.1) is 5.82 Å². The number of hydrogen-bond donors (Lipinski definition) is 0. The number of fused-ring (bicyclic) bond motifs is 1. The predicted octanol–water partition coefficient (Wildman–Crippen LogP) is 3.36. The molecule has 0 saturated carbocycles. The van der Waals surface area contributed by atoms with Gasteiger partial charge in [0.15, 0.2) is 0 Å². The summed E-state index contributed by atoms with van der Waals surface area (Å²) in [6.45, 7) is 4.32. The van der Waals surface area contributed by atoms with Crippen LogP contribution in [0.1, 0.15) is 17.2 Å². The molecular weight excluding hydrogens is 243 g/mol. The van der Waals surface area contributed by atoms with E-state index < -0.39 is 8.32 Å². The molecule has 2 aromatic carbocycles. The first kappa shape index (κ1) is 11.6. The molecule has 0 aliphatic carbocycles. The van der Waals surface area contributed by atoms with Gasteiger partial charge in [-0.3, -0.25) is 0 Å². The van der Waals surface area contributed by atoms with Crippen molar-refractivity contribution in [3.05, 3.63) is 65.5 Å². The average Bonchev–Trinajstić information content (AvgIpc) is 2.62. The Balaban J connectivity index is 2.14. The van der Waals surface area contributed by atoms with Crippen molar-refractivity contribution in [1.29, 1.82) is 0 Å². The summed E-state index contributed by atoms with van der Waals surface area (Å²) in [5.74, 6) is -0.190. The van der Waals surface area contributed by atoms with Gasteiger partial charge < -0.3 is 4.43 Å². The average molecular weight is 258 g/mol. The van der Waals surface area contributed by atoms with Gasteiger partial charge in [0, 0.05) is 0 Å². The first-order valence-electron chi connectivity index (χ1n) is 6.10. The highest BCUT2D eigenvalue weighted by Crippen LogP contribution is 2.35. The van der Waals surface area contributed by atoms with Gasteiger partial charge in [0.05, 0.1) is 6.10 Å². The molecule has 1 atom stereocenters. The fourth-order valence-corrected chi connectivity index (χ4v) is 4.96. The summed E-state index contributed by atoms with van der Waals surface area (Å²) >= 11 is 0. The second kappa shape index (κ2) is 4.04. The molecule has 0 aromatic heterocycles. The zero-order valence-electron chi connectivity index (χ0n) is 10.5. The van der Waals surface area contributed by atoms with Crippen LogP contribution in [0.25, 0.3) is 0 Å². The quantitative estimate of drug-likeness (QED) is 0.713. The van der Waals surface area contributed by atoms with Gasteiger partial charge in [0.25, 0.3) is 0 Å². The van der Waals surface area contributed by atoms with E-state index in [1.54, 1.807) is 6.07 Å². The van der Waals surface area contributed by atoms with Gasteiger partial charge in [-0.15, -0.1) is 0 Å². The Kier molecular flexibility index (Phi) is 2.61. The molecular formula is C15H15FOSi. The molecule has 1 aliphatic rings. The van der Waals surface area contributed by atoms with E-state index in [9.17, 15) is 4.39 Å². The van der Waals surface area contributed by atoms with E-state index in [1.807, 2.05) is 36.4 Å². The monoisotopic (exact) mass is 258 g/mol. The Morgan fingerprint density at radius 2 is 1.78 bits per heavy atom. The van der Waals surface area contributed by atoms with Crippen LogP contribution in [0.3, 0.4) is 0 Å². The highest BCUT2D eigenvalue weighted by Gasteiger charge is 2.40. The Bertz CT molecular complexity index is 580. The molecule has 0 N–H and O–H groups in total. The van der Waals surface area contributed by atoms with Gasteiger partial charge in [-0.05, 0) is 41.5 Å². The van der Waals surface area contributed by atoms with Gasteiger partial charge in [-0.2, -0.15) is 0 Å². The molecule has 0 fully saturated rings. The van der Waals surface area contributed by atoms with Crippen molar-refractivity contribution in [2.24, 2.45) is 0 Å². The van der Waals surface area contributed by atoms with E-state index in [2.05, 4.69) is 13.1 Å². The molecule has 1 aliphatic heterocycles. The molecule has 92 valence electrons. The van der Waals surface area contributed by atoms with Crippen molar-refractivity contribution in [1.82, 2.24) is 0 Å². The van der Waals surface area contributed by atoms with Crippen LogP contribution in [0.2, 0.25) is 13.1 Å².